The van der Waals surface area contributed by atoms with E-state index in [0.29, 0.717) is 27.4 Å². The second kappa shape index (κ2) is 26.9. The van der Waals surface area contributed by atoms with Crippen molar-refractivity contribution < 1.29 is 4.79 Å². The Balaban J connectivity index is 0.00000508. The summed E-state index contributed by atoms with van der Waals surface area (Å²) in [6.45, 7) is 20.7. The van der Waals surface area contributed by atoms with Gasteiger partial charge in [0.25, 0.3) is 0 Å². The SMILES string of the molecule is CC.CC.CCCCCCC(CCC)CCC(=O)c1c(CCC)c(/C=C/c2ccc(Cl)cc2)n(/C(C)=C/C=C(Cl)\C=C(/C)Cl)c1CC. The Morgan fingerprint density at radius 3 is 2.02 bits per heavy atom. The third kappa shape index (κ3) is 16.3. The summed E-state index contributed by atoms with van der Waals surface area (Å²) >= 11 is 18.6. The average molecular weight is 705 g/mol. The van der Waals surface area contributed by atoms with Crippen LogP contribution in [0.3, 0.4) is 0 Å². The van der Waals surface area contributed by atoms with E-state index >= 15 is 0 Å². The lowest BCUT2D eigenvalue weighted by Gasteiger charge is -2.16. The molecule has 0 aliphatic rings. The van der Waals surface area contributed by atoms with E-state index < -0.39 is 0 Å². The Morgan fingerprint density at radius 2 is 1.47 bits per heavy atom. The van der Waals surface area contributed by atoms with Crippen LogP contribution < -0.4 is 0 Å². The summed E-state index contributed by atoms with van der Waals surface area (Å²) in [6.07, 6.45) is 22.7. The van der Waals surface area contributed by atoms with Gasteiger partial charge in [-0.05, 0) is 86.6 Å². The van der Waals surface area contributed by atoms with Crippen molar-refractivity contribution in [3.05, 3.63) is 85.7 Å². The number of benzene rings is 1. The Labute approximate surface area is 304 Å². The van der Waals surface area contributed by atoms with Gasteiger partial charge in [-0.25, -0.2) is 0 Å². The molecule has 0 fully saturated rings. The molecule has 2 rings (SSSR count). The first kappa shape index (κ1) is 45.0. The summed E-state index contributed by atoms with van der Waals surface area (Å²) in [5.74, 6) is 0.890. The van der Waals surface area contributed by atoms with E-state index in [9.17, 15) is 4.79 Å². The number of unbranched alkanes of at least 4 members (excludes halogenated alkanes) is 3. The molecule has 0 N–H and O–H groups in total. The smallest absolute Gasteiger partial charge is 0.165 e. The number of hydrogen-bond acceptors (Lipinski definition) is 1. The minimum Gasteiger partial charge on any atom is -0.317 e. The monoisotopic (exact) mass is 703 g/mol. The van der Waals surface area contributed by atoms with Crippen LogP contribution in [-0.2, 0) is 12.8 Å². The zero-order valence-corrected chi connectivity index (χ0v) is 33.5. The quantitative estimate of drug-likeness (QED) is 0.0810. The molecular weight excluding hydrogens is 641 g/mol. The van der Waals surface area contributed by atoms with E-state index in [1.54, 1.807) is 13.0 Å². The van der Waals surface area contributed by atoms with Gasteiger partial charge in [0, 0.05) is 44.2 Å². The van der Waals surface area contributed by atoms with E-state index in [4.69, 9.17) is 34.8 Å². The van der Waals surface area contributed by atoms with Gasteiger partial charge >= 0.3 is 0 Å². The average Bonchev–Trinajstić information content (AvgIpc) is 3.38. The van der Waals surface area contributed by atoms with E-state index in [1.165, 1.54) is 44.9 Å². The van der Waals surface area contributed by atoms with E-state index in [1.807, 2.05) is 64.1 Å². The molecule has 2 nitrogen and oxygen atoms in total. The minimum absolute atomic E-state index is 0.275. The summed E-state index contributed by atoms with van der Waals surface area (Å²) in [4.78, 5) is 14.2. The second-order valence-electron chi connectivity index (χ2n) is 11.6. The van der Waals surface area contributed by atoms with Gasteiger partial charge in [-0.1, -0.05) is 160 Å². The molecule has 1 unspecified atom stereocenters. The van der Waals surface area contributed by atoms with Crippen LogP contribution >= 0.6 is 34.8 Å². The number of rotatable bonds is 19. The van der Waals surface area contributed by atoms with E-state index in [-0.39, 0.29) is 5.78 Å². The Kier molecular flexibility index (Phi) is 25.8. The third-order valence-electron chi connectivity index (χ3n) is 7.94. The molecule has 47 heavy (non-hydrogen) atoms. The first-order valence-electron chi connectivity index (χ1n) is 18.3. The van der Waals surface area contributed by atoms with Crippen molar-refractivity contribution in [3.8, 4) is 0 Å². The van der Waals surface area contributed by atoms with Gasteiger partial charge in [-0.3, -0.25) is 4.79 Å². The maximum absolute atomic E-state index is 14.2. The topological polar surface area (TPSA) is 22.0 Å². The molecule has 1 aromatic carbocycles. The van der Waals surface area contributed by atoms with Crippen molar-refractivity contribution in [2.24, 2.45) is 5.92 Å². The number of allylic oxidation sites excluding steroid dienone is 6. The van der Waals surface area contributed by atoms with Crippen LogP contribution in [-0.4, -0.2) is 10.4 Å². The standard InChI is InChI=1S/C38H52Cl3NO.2C2H6/c1-7-11-12-13-16-30(14-8-2)21-26-37(43)38-34(15-9-3)36(25-20-31-18-23-32(40)24-19-31)42(35(38)10-4)29(6)17-22-33(41)27-28(5)39;2*1-2/h17-20,22-25,27,30H,7-16,21,26H2,1-6H3;2*1-2H3/b25-20+,28-27+,29-17+,33-22+;;. The molecule has 0 aliphatic carbocycles. The number of Topliss-reactive ketones (excluding diaryl/α,β-unsaturated/α-hetero) is 1. The minimum atomic E-state index is 0.275. The van der Waals surface area contributed by atoms with E-state index in [0.717, 1.165) is 59.5 Å². The summed E-state index contributed by atoms with van der Waals surface area (Å²) in [5.41, 5.74) is 6.25. The lowest BCUT2D eigenvalue weighted by atomic mass is 9.89. The lowest BCUT2D eigenvalue weighted by molar-refractivity contribution is 0.0970. The highest BCUT2D eigenvalue weighted by atomic mass is 35.5. The molecule has 0 amide bonds. The van der Waals surface area contributed by atoms with Crippen molar-refractivity contribution in [1.82, 2.24) is 4.57 Å². The second-order valence-corrected chi connectivity index (χ2v) is 13.0. The lowest BCUT2D eigenvalue weighted by Crippen LogP contribution is -2.10. The number of hydrogen-bond donors (Lipinski definition) is 0. The molecule has 0 spiro atoms. The summed E-state index contributed by atoms with van der Waals surface area (Å²) in [5, 5.41) is 1.89. The van der Waals surface area contributed by atoms with E-state index in [2.05, 4.69) is 51.3 Å². The van der Waals surface area contributed by atoms with Gasteiger partial charge in [0.15, 0.2) is 5.78 Å². The fourth-order valence-corrected chi connectivity index (χ4v) is 6.39. The third-order valence-corrected chi connectivity index (χ3v) is 8.54. The first-order chi connectivity index (χ1) is 22.7. The largest absolute Gasteiger partial charge is 0.317 e. The van der Waals surface area contributed by atoms with Crippen molar-refractivity contribution in [2.75, 3.05) is 0 Å². The zero-order valence-electron chi connectivity index (χ0n) is 31.2. The number of carbonyl (C=O) groups is 1. The first-order valence-corrected chi connectivity index (χ1v) is 19.4. The van der Waals surface area contributed by atoms with Crippen molar-refractivity contribution in [2.45, 2.75) is 146 Å². The molecule has 1 aromatic heterocycles. The van der Waals surface area contributed by atoms with Crippen LogP contribution in [0.2, 0.25) is 5.02 Å². The van der Waals surface area contributed by atoms with Gasteiger partial charge < -0.3 is 4.57 Å². The predicted molar refractivity (Wildman–Crippen MR) is 215 cm³/mol. The molecule has 2 aromatic rings. The Bertz CT molecular complexity index is 1270. The molecule has 0 aliphatic heterocycles. The maximum atomic E-state index is 14.2. The van der Waals surface area contributed by atoms with Crippen LogP contribution in [0.4, 0.5) is 0 Å². The molecular formula is C42H64Cl3NO. The van der Waals surface area contributed by atoms with Crippen molar-refractivity contribution in [3.63, 3.8) is 0 Å². The zero-order chi connectivity index (χ0) is 35.8. The molecule has 264 valence electrons. The molecule has 0 saturated heterocycles. The van der Waals surface area contributed by atoms with Crippen LogP contribution in [0.1, 0.15) is 166 Å². The highest BCUT2D eigenvalue weighted by Gasteiger charge is 2.26. The fraction of sp³-hybridized carbons (Fsp3) is 0.548. The van der Waals surface area contributed by atoms with Crippen LogP contribution in [0.25, 0.3) is 17.8 Å². The molecule has 0 bridgehead atoms. The Hall–Kier alpha value is -2.00. The number of ketones is 1. The number of halogens is 3. The Morgan fingerprint density at radius 1 is 0.809 bits per heavy atom. The number of carbonyl (C=O) groups excluding carboxylic acids is 1. The molecule has 0 saturated carbocycles. The van der Waals surface area contributed by atoms with Gasteiger partial charge in [-0.15, -0.1) is 0 Å². The maximum Gasteiger partial charge on any atom is 0.165 e. The van der Waals surface area contributed by atoms with Crippen molar-refractivity contribution >= 4 is 58.4 Å². The molecule has 5 heteroatoms. The highest BCUT2D eigenvalue weighted by molar-refractivity contribution is 6.34. The normalized spacial score (nSPS) is 12.8. The summed E-state index contributed by atoms with van der Waals surface area (Å²) in [6, 6.07) is 7.83. The highest BCUT2D eigenvalue weighted by Crippen LogP contribution is 2.33. The van der Waals surface area contributed by atoms with Gasteiger partial charge in [0.05, 0.1) is 0 Å². The number of nitrogens with zero attached hydrogens (tertiary/aromatic N) is 1. The van der Waals surface area contributed by atoms with Crippen LogP contribution in [0, 0.1) is 5.92 Å². The van der Waals surface area contributed by atoms with Crippen LogP contribution in [0.5, 0.6) is 0 Å². The van der Waals surface area contributed by atoms with Gasteiger partial charge in [-0.2, -0.15) is 0 Å². The summed E-state index contributed by atoms with van der Waals surface area (Å²) in [7, 11) is 0. The predicted octanol–water partition coefficient (Wildman–Crippen LogP) is 15.4. The number of aromatic nitrogens is 1. The fourth-order valence-electron chi connectivity index (χ4n) is 5.86. The molecule has 1 atom stereocenters. The molecule has 0 radical (unpaired) electrons. The van der Waals surface area contributed by atoms with Gasteiger partial charge in [0.2, 0.25) is 0 Å². The van der Waals surface area contributed by atoms with Crippen LogP contribution in [0.15, 0.2) is 52.6 Å². The summed E-state index contributed by atoms with van der Waals surface area (Å²) < 4.78 is 2.26. The molecule has 1 heterocycles. The van der Waals surface area contributed by atoms with Crippen molar-refractivity contribution in [1.29, 1.82) is 0 Å². The van der Waals surface area contributed by atoms with Gasteiger partial charge in [0.1, 0.15) is 0 Å².